The van der Waals surface area contributed by atoms with E-state index >= 15 is 0 Å². The Bertz CT molecular complexity index is 1050. The van der Waals surface area contributed by atoms with Gasteiger partial charge in [0.15, 0.2) is 11.0 Å². The lowest BCUT2D eigenvalue weighted by Gasteiger charge is -2.10. The van der Waals surface area contributed by atoms with Crippen molar-refractivity contribution in [2.75, 3.05) is 5.75 Å². The number of nitrogens with zero attached hydrogens (tertiary/aromatic N) is 3. The van der Waals surface area contributed by atoms with Crippen molar-refractivity contribution < 1.29 is 9.53 Å². The van der Waals surface area contributed by atoms with Crippen LogP contribution in [-0.4, -0.2) is 26.4 Å². The highest BCUT2D eigenvalue weighted by molar-refractivity contribution is 7.99. The summed E-state index contributed by atoms with van der Waals surface area (Å²) in [5.74, 6) is 1.62. The highest BCUT2D eigenvalue weighted by Crippen LogP contribution is 2.20. The minimum absolute atomic E-state index is 0.0824. The second kappa shape index (κ2) is 11.0. The Hall–Kier alpha value is -2.77. The smallest absolute Gasteiger partial charge is 0.230 e. The fraction of sp³-hybridized carbons (Fsp3) is 0.261. The van der Waals surface area contributed by atoms with E-state index in [0.29, 0.717) is 29.1 Å². The first-order valence-corrected chi connectivity index (χ1v) is 11.2. The molecule has 0 aliphatic heterocycles. The van der Waals surface area contributed by atoms with Gasteiger partial charge in [0.1, 0.15) is 12.4 Å². The average Bonchev–Trinajstić information content (AvgIpc) is 3.14. The zero-order valence-corrected chi connectivity index (χ0v) is 19.2. The number of thioether (sulfide) groups is 1. The van der Waals surface area contributed by atoms with Crippen molar-refractivity contribution in [1.82, 2.24) is 20.1 Å². The van der Waals surface area contributed by atoms with Crippen molar-refractivity contribution in [3.05, 3.63) is 82.7 Å². The molecule has 1 heterocycles. The molecule has 1 aromatic heterocycles. The van der Waals surface area contributed by atoms with Gasteiger partial charge in [0, 0.05) is 18.1 Å². The standard InChI is InChI=1S/C23H25ClN4O2S/c1-4-11-28-21(14-30-20-10-5-16(2)17(3)12-20)26-27-23(28)31-15-22(29)25-13-18-6-8-19(24)9-7-18/h4-10,12H,1,11,13-15H2,2-3H3,(H,25,29). The molecule has 2 aromatic carbocycles. The topological polar surface area (TPSA) is 69.0 Å². The Labute approximate surface area is 191 Å². The van der Waals surface area contributed by atoms with Crippen molar-refractivity contribution >= 4 is 29.3 Å². The van der Waals surface area contributed by atoms with Crippen LogP contribution >= 0.6 is 23.4 Å². The van der Waals surface area contributed by atoms with Gasteiger partial charge < -0.3 is 10.1 Å². The normalized spacial score (nSPS) is 10.7. The molecule has 0 saturated carbocycles. The molecule has 1 amide bonds. The number of carbonyl (C=O) groups excluding carboxylic acids is 1. The number of allylic oxidation sites excluding steroid dienone is 1. The van der Waals surface area contributed by atoms with Gasteiger partial charge in [-0.2, -0.15) is 0 Å². The van der Waals surface area contributed by atoms with E-state index in [1.165, 1.54) is 22.9 Å². The summed E-state index contributed by atoms with van der Waals surface area (Å²) in [6.07, 6.45) is 1.77. The van der Waals surface area contributed by atoms with Crippen LogP contribution in [0.1, 0.15) is 22.5 Å². The number of ether oxygens (including phenoxy) is 1. The lowest BCUT2D eigenvalue weighted by molar-refractivity contribution is -0.118. The number of aromatic nitrogens is 3. The van der Waals surface area contributed by atoms with Crippen molar-refractivity contribution in [3.63, 3.8) is 0 Å². The predicted molar refractivity (Wildman–Crippen MR) is 124 cm³/mol. The van der Waals surface area contributed by atoms with Gasteiger partial charge in [0.25, 0.3) is 0 Å². The lowest BCUT2D eigenvalue weighted by atomic mass is 10.1. The molecule has 0 aliphatic carbocycles. The molecular weight excluding hydrogens is 432 g/mol. The number of benzene rings is 2. The maximum Gasteiger partial charge on any atom is 0.230 e. The number of hydrogen-bond acceptors (Lipinski definition) is 5. The highest BCUT2D eigenvalue weighted by atomic mass is 35.5. The molecule has 0 radical (unpaired) electrons. The third kappa shape index (κ3) is 6.60. The van der Waals surface area contributed by atoms with Gasteiger partial charge in [-0.25, -0.2) is 0 Å². The molecule has 162 valence electrons. The molecule has 6 nitrogen and oxygen atoms in total. The van der Waals surface area contributed by atoms with Gasteiger partial charge >= 0.3 is 0 Å². The van der Waals surface area contributed by atoms with Gasteiger partial charge in [-0.3, -0.25) is 9.36 Å². The quantitative estimate of drug-likeness (QED) is 0.353. The number of amides is 1. The van der Waals surface area contributed by atoms with Gasteiger partial charge in [0.05, 0.1) is 5.75 Å². The Morgan fingerprint density at radius 2 is 1.97 bits per heavy atom. The molecule has 3 rings (SSSR count). The SMILES string of the molecule is C=CCn1c(COc2ccc(C)c(C)c2)nnc1SCC(=O)NCc1ccc(Cl)cc1. The van der Waals surface area contributed by atoms with Crippen LogP contribution in [0, 0.1) is 13.8 Å². The first-order chi connectivity index (χ1) is 15.0. The molecule has 8 heteroatoms. The van der Waals surface area contributed by atoms with Crippen LogP contribution in [0.25, 0.3) is 0 Å². The Balaban J connectivity index is 1.56. The number of aryl methyl sites for hydroxylation is 2. The molecule has 0 atom stereocenters. The minimum atomic E-state index is -0.0824. The second-order valence-corrected chi connectivity index (χ2v) is 8.40. The van der Waals surface area contributed by atoms with Crippen molar-refractivity contribution in [2.24, 2.45) is 0 Å². The highest BCUT2D eigenvalue weighted by Gasteiger charge is 2.14. The van der Waals surface area contributed by atoms with Crippen LogP contribution in [0.4, 0.5) is 0 Å². The molecule has 3 aromatic rings. The second-order valence-electron chi connectivity index (χ2n) is 7.02. The number of hydrogen-bond donors (Lipinski definition) is 1. The summed E-state index contributed by atoms with van der Waals surface area (Å²) in [4.78, 5) is 12.2. The van der Waals surface area contributed by atoms with Crippen LogP contribution in [0.5, 0.6) is 5.75 Å². The third-order valence-electron chi connectivity index (χ3n) is 4.69. The number of halogens is 1. The Morgan fingerprint density at radius 3 is 2.68 bits per heavy atom. The largest absolute Gasteiger partial charge is 0.486 e. The van der Waals surface area contributed by atoms with E-state index in [1.807, 2.05) is 34.9 Å². The molecule has 0 aliphatic rings. The molecule has 0 fully saturated rings. The van der Waals surface area contributed by atoms with Crippen molar-refractivity contribution in [1.29, 1.82) is 0 Å². The molecule has 0 spiro atoms. The van der Waals surface area contributed by atoms with E-state index in [9.17, 15) is 4.79 Å². The van der Waals surface area contributed by atoms with E-state index in [4.69, 9.17) is 16.3 Å². The third-order valence-corrected chi connectivity index (χ3v) is 5.91. The summed E-state index contributed by atoms with van der Waals surface area (Å²) in [6.45, 7) is 9.19. The maximum atomic E-state index is 12.2. The Kier molecular flexibility index (Phi) is 8.14. The van der Waals surface area contributed by atoms with Crippen LogP contribution in [0.2, 0.25) is 5.02 Å². The zero-order valence-electron chi connectivity index (χ0n) is 17.6. The molecule has 0 bridgehead atoms. The van der Waals surface area contributed by atoms with Crippen LogP contribution in [-0.2, 0) is 24.5 Å². The maximum absolute atomic E-state index is 12.2. The van der Waals surface area contributed by atoms with E-state index in [-0.39, 0.29) is 18.3 Å². The minimum Gasteiger partial charge on any atom is -0.486 e. The molecule has 0 saturated heterocycles. The van der Waals surface area contributed by atoms with E-state index in [1.54, 1.807) is 18.2 Å². The number of rotatable bonds is 10. The molecule has 1 N–H and O–H groups in total. The van der Waals surface area contributed by atoms with Gasteiger partial charge in [-0.05, 0) is 54.8 Å². The van der Waals surface area contributed by atoms with Crippen LogP contribution in [0.15, 0.2) is 60.3 Å². The summed E-state index contributed by atoms with van der Waals surface area (Å²) in [5.41, 5.74) is 3.38. The summed E-state index contributed by atoms with van der Waals surface area (Å²) in [7, 11) is 0. The lowest BCUT2D eigenvalue weighted by Crippen LogP contribution is -2.24. The van der Waals surface area contributed by atoms with Gasteiger partial charge in [-0.15, -0.1) is 16.8 Å². The van der Waals surface area contributed by atoms with Crippen LogP contribution < -0.4 is 10.1 Å². The first-order valence-electron chi connectivity index (χ1n) is 9.83. The van der Waals surface area contributed by atoms with E-state index < -0.39 is 0 Å². The summed E-state index contributed by atoms with van der Waals surface area (Å²) in [5, 5.41) is 12.7. The average molecular weight is 457 g/mol. The molecule has 0 unspecified atom stereocenters. The van der Waals surface area contributed by atoms with Crippen molar-refractivity contribution in [2.45, 2.75) is 38.7 Å². The van der Waals surface area contributed by atoms with E-state index in [0.717, 1.165) is 11.3 Å². The Morgan fingerprint density at radius 1 is 1.19 bits per heavy atom. The predicted octanol–water partition coefficient (Wildman–Crippen LogP) is 4.72. The number of carbonyl (C=O) groups is 1. The zero-order chi connectivity index (χ0) is 22.2. The van der Waals surface area contributed by atoms with Gasteiger partial charge in [0.2, 0.25) is 5.91 Å². The van der Waals surface area contributed by atoms with Crippen LogP contribution in [0.3, 0.4) is 0 Å². The van der Waals surface area contributed by atoms with Gasteiger partial charge in [-0.1, -0.05) is 47.6 Å². The molecule has 31 heavy (non-hydrogen) atoms. The first kappa shape index (κ1) is 22.9. The van der Waals surface area contributed by atoms with E-state index in [2.05, 4.69) is 35.9 Å². The fourth-order valence-corrected chi connectivity index (χ4v) is 3.70. The number of nitrogens with one attached hydrogen (secondary N) is 1. The summed E-state index contributed by atoms with van der Waals surface area (Å²) in [6, 6.07) is 13.4. The fourth-order valence-electron chi connectivity index (χ4n) is 2.78. The monoisotopic (exact) mass is 456 g/mol. The molecular formula is C23H25ClN4O2S. The summed E-state index contributed by atoms with van der Waals surface area (Å²) >= 11 is 7.22. The summed E-state index contributed by atoms with van der Waals surface area (Å²) < 4.78 is 7.80. The van der Waals surface area contributed by atoms with Crippen molar-refractivity contribution in [3.8, 4) is 5.75 Å².